The first-order valence-electron chi connectivity index (χ1n) is 9.49. The number of pyridine rings is 1. The van der Waals surface area contributed by atoms with Gasteiger partial charge in [-0.15, -0.1) is 0 Å². The molecule has 1 aliphatic rings. The monoisotopic (exact) mass is 460 g/mol. The van der Waals surface area contributed by atoms with Gasteiger partial charge in [-0.3, -0.25) is 4.99 Å². The van der Waals surface area contributed by atoms with Crippen molar-refractivity contribution in [1.82, 2.24) is 15.0 Å². The van der Waals surface area contributed by atoms with Gasteiger partial charge in [-0.05, 0) is 32.0 Å². The number of anilines is 2. The highest BCUT2D eigenvalue weighted by Crippen LogP contribution is 2.38. The van der Waals surface area contributed by atoms with E-state index >= 15 is 0 Å². The highest BCUT2D eigenvalue weighted by Gasteiger charge is 2.51. The summed E-state index contributed by atoms with van der Waals surface area (Å²) in [6.07, 6.45) is 2.86. The molecule has 0 saturated heterocycles. The van der Waals surface area contributed by atoms with Crippen LogP contribution in [0.2, 0.25) is 0 Å². The summed E-state index contributed by atoms with van der Waals surface area (Å²) in [4.78, 5) is 14.5. The van der Waals surface area contributed by atoms with Crippen LogP contribution in [0.1, 0.15) is 19.4 Å². The number of nitrogens with two attached hydrogens (primary N) is 1. The van der Waals surface area contributed by atoms with E-state index in [1.165, 1.54) is 44.8 Å². The van der Waals surface area contributed by atoms with Gasteiger partial charge in [0.25, 0.3) is 0 Å². The maximum absolute atomic E-state index is 14.8. The van der Waals surface area contributed by atoms with Crippen LogP contribution in [0.3, 0.4) is 0 Å². The summed E-state index contributed by atoms with van der Waals surface area (Å²) in [5.74, 6) is -0.886. The molecule has 0 fully saturated rings. The molecular weight excluding hydrogens is 439 g/mol. The molecule has 32 heavy (non-hydrogen) atoms. The van der Waals surface area contributed by atoms with Crippen LogP contribution in [-0.4, -0.2) is 52.1 Å². The van der Waals surface area contributed by atoms with Crippen molar-refractivity contribution >= 4 is 38.2 Å². The Labute approximate surface area is 183 Å². The van der Waals surface area contributed by atoms with Crippen LogP contribution in [0.5, 0.6) is 5.75 Å². The van der Waals surface area contributed by atoms with E-state index in [9.17, 15) is 17.9 Å². The number of sulfone groups is 1. The molecule has 0 saturated carbocycles. The van der Waals surface area contributed by atoms with Gasteiger partial charge in [-0.2, -0.15) is 0 Å². The van der Waals surface area contributed by atoms with E-state index in [0.717, 1.165) is 6.92 Å². The summed E-state index contributed by atoms with van der Waals surface area (Å²) in [5.41, 5.74) is 5.63. The van der Waals surface area contributed by atoms with Crippen LogP contribution in [0.25, 0.3) is 11.0 Å². The molecule has 0 amide bonds. The van der Waals surface area contributed by atoms with E-state index in [4.69, 9.17) is 10.5 Å². The Hall–Kier alpha value is -3.38. The summed E-state index contributed by atoms with van der Waals surface area (Å²) >= 11 is 0. The maximum Gasteiger partial charge on any atom is 0.220 e. The third-order valence-electron chi connectivity index (χ3n) is 5.41. The Kier molecular flexibility index (Phi) is 5.01. The van der Waals surface area contributed by atoms with Crippen molar-refractivity contribution < 1.29 is 22.7 Å². The number of methoxy groups -OCH3 is 1. The number of aliphatic hydroxyl groups is 1. The van der Waals surface area contributed by atoms with Gasteiger partial charge in [0.2, 0.25) is 4.93 Å². The minimum atomic E-state index is -4.12. The Bertz CT molecular complexity index is 1360. The van der Waals surface area contributed by atoms with E-state index in [0.29, 0.717) is 28.3 Å². The first kappa shape index (κ1) is 21.8. The Morgan fingerprint density at radius 3 is 2.66 bits per heavy atom. The summed E-state index contributed by atoms with van der Waals surface area (Å²) < 4.78 is 45.2. The van der Waals surface area contributed by atoms with Crippen molar-refractivity contribution in [2.24, 2.45) is 10.7 Å². The smallest absolute Gasteiger partial charge is 0.220 e. The summed E-state index contributed by atoms with van der Waals surface area (Å²) in [7, 11) is -2.60. The third-order valence-corrected chi connectivity index (χ3v) is 7.78. The number of aromatic nitrogens is 3. The zero-order chi connectivity index (χ0) is 23.3. The number of benzene rings is 1. The summed E-state index contributed by atoms with van der Waals surface area (Å²) in [6.45, 7) is 2.50. The minimum absolute atomic E-state index is 0.00230. The van der Waals surface area contributed by atoms with E-state index in [1.54, 1.807) is 6.07 Å². The minimum Gasteiger partial charge on any atom is -0.495 e. The molecule has 2 atom stereocenters. The fourth-order valence-corrected chi connectivity index (χ4v) is 5.10. The zero-order valence-corrected chi connectivity index (χ0v) is 18.3. The molecule has 3 aromatic rings. The van der Waals surface area contributed by atoms with Crippen LogP contribution in [-0.2, 0) is 15.4 Å². The highest BCUT2D eigenvalue weighted by atomic mass is 32.2. The van der Waals surface area contributed by atoms with Gasteiger partial charge in [-0.1, -0.05) is 0 Å². The first-order chi connectivity index (χ1) is 15.0. The molecule has 0 unspecified atom stereocenters. The Morgan fingerprint density at radius 1 is 1.22 bits per heavy atom. The summed E-state index contributed by atoms with van der Waals surface area (Å²) in [5, 5.41) is 13.3. The largest absolute Gasteiger partial charge is 0.495 e. The molecular formula is C20H21FN6O4S. The normalized spacial score (nSPS) is 24.7. The molecule has 1 aromatic carbocycles. The average molecular weight is 460 g/mol. The standard InChI is InChI=1S/C20H21FN6O4S/c1-19(9-32(29,30)20(2,28)18(22)27-19)13-6-11(4-5-14(13)21)26-17-16-15(24-10-25-17)7-12(31-3)8-23-16/h4-8,10,28H,9H2,1-3H3,(H2,22,27)(H,24,25,26)/t19-,20+/m0/s1. The van der Waals surface area contributed by atoms with Gasteiger partial charge in [-0.25, -0.2) is 27.8 Å². The maximum atomic E-state index is 14.8. The molecule has 10 nitrogen and oxygen atoms in total. The van der Waals surface area contributed by atoms with Gasteiger partial charge < -0.3 is 20.9 Å². The van der Waals surface area contributed by atoms with E-state index in [-0.39, 0.29) is 5.56 Å². The van der Waals surface area contributed by atoms with Crippen LogP contribution < -0.4 is 15.8 Å². The number of nitrogens with one attached hydrogen (secondary N) is 1. The van der Waals surface area contributed by atoms with Crippen molar-refractivity contribution in [2.75, 3.05) is 18.2 Å². The topological polar surface area (TPSA) is 153 Å². The molecule has 0 spiro atoms. The molecule has 0 bridgehead atoms. The number of rotatable bonds is 4. The van der Waals surface area contributed by atoms with Crippen LogP contribution in [0, 0.1) is 5.82 Å². The van der Waals surface area contributed by atoms with Crippen molar-refractivity contribution in [1.29, 1.82) is 0 Å². The lowest BCUT2D eigenvalue weighted by molar-refractivity contribution is 0.204. The molecule has 3 heterocycles. The molecule has 168 valence electrons. The molecule has 0 aliphatic carbocycles. The van der Waals surface area contributed by atoms with Gasteiger partial charge in [0.15, 0.2) is 15.7 Å². The van der Waals surface area contributed by atoms with Gasteiger partial charge >= 0.3 is 0 Å². The third kappa shape index (κ3) is 3.50. The fraction of sp³-hybridized carbons (Fsp3) is 0.300. The number of halogens is 1. The lowest BCUT2D eigenvalue weighted by Crippen LogP contribution is -2.56. The van der Waals surface area contributed by atoms with Crippen molar-refractivity contribution in [3.05, 3.63) is 48.2 Å². The van der Waals surface area contributed by atoms with Gasteiger partial charge in [0.1, 0.15) is 34.8 Å². The lowest BCUT2D eigenvalue weighted by atomic mass is 9.93. The number of ether oxygens (including phenoxy) is 1. The number of nitrogens with zero attached hydrogens (tertiary/aromatic N) is 4. The van der Waals surface area contributed by atoms with Crippen LogP contribution >= 0.6 is 0 Å². The van der Waals surface area contributed by atoms with Crippen molar-refractivity contribution in [3.8, 4) is 5.75 Å². The molecule has 1 aliphatic heterocycles. The van der Waals surface area contributed by atoms with Gasteiger partial charge in [0, 0.05) is 17.3 Å². The second-order valence-electron chi connectivity index (χ2n) is 7.80. The molecule has 4 rings (SSSR count). The fourth-order valence-electron chi connectivity index (χ4n) is 3.49. The lowest BCUT2D eigenvalue weighted by Gasteiger charge is -2.37. The first-order valence-corrected chi connectivity index (χ1v) is 11.1. The van der Waals surface area contributed by atoms with Gasteiger partial charge in [0.05, 0.1) is 24.6 Å². The summed E-state index contributed by atoms with van der Waals surface area (Å²) in [6, 6.07) is 5.79. The average Bonchev–Trinajstić information content (AvgIpc) is 2.73. The predicted octanol–water partition coefficient (Wildman–Crippen LogP) is 1.63. The van der Waals surface area contributed by atoms with Crippen molar-refractivity contribution in [2.45, 2.75) is 24.3 Å². The van der Waals surface area contributed by atoms with Crippen molar-refractivity contribution in [3.63, 3.8) is 0 Å². The van der Waals surface area contributed by atoms with E-state index < -0.39 is 37.7 Å². The second-order valence-corrected chi connectivity index (χ2v) is 10.1. The van der Waals surface area contributed by atoms with Crippen LogP contribution in [0.4, 0.5) is 15.9 Å². The number of fused-ring (bicyclic) bond motifs is 1. The highest BCUT2D eigenvalue weighted by molar-refractivity contribution is 7.93. The Morgan fingerprint density at radius 2 is 1.97 bits per heavy atom. The van der Waals surface area contributed by atoms with Crippen LogP contribution in [0.15, 0.2) is 41.8 Å². The quantitative estimate of drug-likeness (QED) is 0.527. The zero-order valence-electron chi connectivity index (χ0n) is 17.5. The Balaban J connectivity index is 1.77. The predicted molar refractivity (Wildman–Crippen MR) is 117 cm³/mol. The number of amidine groups is 1. The number of aliphatic imine (C=N–C) groups is 1. The molecule has 0 radical (unpaired) electrons. The SMILES string of the molecule is COc1cnc2c(Nc3ccc(F)c([C@]4(C)CS(=O)(=O)[C@@](C)(O)C(N)=N4)c3)ncnc2c1. The molecule has 12 heteroatoms. The number of hydrogen-bond acceptors (Lipinski definition) is 10. The second kappa shape index (κ2) is 7.35. The van der Waals surface area contributed by atoms with E-state index in [2.05, 4.69) is 25.3 Å². The number of hydrogen-bond donors (Lipinski definition) is 3. The van der Waals surface area contributed by atoms with E-state index in [1.807, 2.05) is 0 Å². The molecule has 2 aromatic heterocycles. The molecule has 4 N–H and O–H groups in total.